The molecule has 1 saturated heterocycles. The van der Waals surface area contributed by atoms with Crippen LogP contribution < -0.4 is 4.74 Å². The Hall–Kier alpha value is -2.61. The van der Waals surface area contributed by atoms with Gasteiger partial charge in [-0.2, -0.15) is 4.39 Å². The number of nitrogens with zero attached hydrogens (tertiary/aromatic N) is 3. The topological polar surface area (TPSA) is 54.0 Å². The molecule has 5 nitrogen and oxygen atoms in total. The monoisotopic (exact) mass is 374 g/mol. The number of fused-ring (bicyclic) bond motifs is 2. The van der Waals surface area contributed by atoms with Crippen LogP contribution in [-0.4, -0.2) is 39.5 Å². The SMILES string of the molecule is Fc1ccc(F)c(OCC2[C@H]3CN(Cc4nc5ccncc5[nH]4)C[C@@H]23)c1F. The van der Waals surface area contributed by atoms with Gasteiger partial charge in [0.15, 0.2) is 17.4 Å². The van der Waals surface area contributed by atoms with Crippen LogP contribution in [0.3, 0.4) is 0 Å². The van der Waals surface area contributed by atoms with Crippen LogP contribution in [-0.2, 0) is 6.54 Å². The highest BCUT2D eigenvalue weighted by molar-refractivity contribution is 5.73. The van der Waals surface area contributed by atoms with E-state index in [1.165, 1.54) is 0 Å². The normalized spacial score (nSPS) is 24.3. The Balaban J connectivity index is 1.16. The van der Waals surface area contributed by atoms with Crippen molar-refractivity contribution < 1.29 is 17.9 Å². The molecule has 2 aromatic heterocycles. The third-order valence-electron chi connectivity index (χ3n) is 5.57. The van der Waals surface area contributed by atoms with Crippen molar-refractivity contribution in [3.8, 4) is 5.75 Å². The van der Waals surface area contributed by atoms with Crippen molar-refractivity contribution in [1.29, 1.82) is 0 Å². The van der Waals surface area contributed by atoms with Crippen molar-refractivity contribution >= 4 is 11.0 Å². The van der Waals surface area contributed by atoms with Gasteiger partial charge < -0.3 is 9.72 Å². The lowest BCUT2D eigenvalue weighted by Gasteiger charge is -2.18. The smallest absolute Gasteiger partial charge is 0.203 e. The highest BCUT2D eigenvalue weighted by Gasteiger charge is 2.55. The summed E-state index contributed by atoms with van der Waals surface area (Å²) in [5.41, 5.74) is 1.82. The molecule has 27 heavy (non-hydrogen) atoms. The number of pyridine rings is 1. The van der Waals surface area contributed by atoms with E-state index in [1.54, 1.807) is 12.4 Å². The van der Waals surface area contributed by atoms with Crippen molar-refractivity contribution in [1.82, 2.24) is 19.9 Å². The number of hydrogen-bond acceptors (Lipinski definition) is 4. The Morgan fingerprint density at radius 1 is 1.11 bits per heavy atom. The molecule has 5 rings (SSSR count). The van der Waals surface area contributed by atoms with Gasteiger partial charge in [0.05, 0.1) is 30.4 Å². The highest BCUT2D eigenvalue weighted by Crippen LogP contribution is 2.52. The van der Waals surface area contributed by atoms with Gasteiger partial charge >= 0.3 is 0 Å². The Morgan fingerprint density at radius 2 is 1.89 bits per heavy atom. The van der Waals surface area contributed by atoms with E-state index in [0.29, 0.717) is 11.8 Å². The van der Waals surface area contributed by atoms with E-state index in [2.05, 4.69) is 19.9 Å². The van der Waals surface area contributed by atoms with Crippen LogP contribution in [0.2, 0.25) is 0 Å². The third kappa shape index (κ3) is 2.93. The van der Waals surface area contributed by atoms with Gasteiger partial charge in [0.2, 0.25) is 5.82 Å². The van der Waals surface area contributed by atoms with E-state index in [-0.39, 0.29) is 12.5 Å². The largest absolute Gasteiger partial charge is 0.487 e. The summed E-state index contributed by atoms with van der Waals surface area (Å²) in [6.07, 6.45) is 3.47. The number of likely N-dealkylation sites (tertiary alicyclic amines) is 1. The fraction of sp³-hybridized carbons (Fsp3) is 0.368. The molecule has 3 aromatic rings. The third-order valence-corrected chi connectivity index (χ3v) is 5.57. The molecule has 0 amide bonds. The Kier molecular flexibility index (Phi) is 3.82. The second kappa shape index (κ2) is 6.23. The average molecular weight is 374 g/mol. The number of piperidine rings is 1. The van der Waals surface area contributed by atoms with Crippen LogP contribution >= 0.6 is 0 Å². The minimum Gasteiger partial charge on any atom is -0.487 e. The van der Waals surface area contributed by atoms with Crippen LogP contribution in [0.1, 0.15) is 5.82 Å². The van der Waals surface area contributed by atoms with Crippen LogP contribution in [0.15, 0.2) is 30.6 Å². The number of ether oxygens (including phenoxy) is 1. The van der Waals surface area contributed by atoms with E-state index >= 15 is 0 Å². The summed E-state index contributed by atoms with van der Waals surface area (Å²) in [6, 6.07) is 3.51. The summed E-state index contributed by atoms with van der Waals surface area (Å²) in [7, 11) is 0. The maximum atomic E-state index is 13.7. The van der Waals surface area contributed by atoms with Crippen molar-refractivity contribution in [2.45, 2.75) is 6.54 Å². The van der Waals surface area contributed by atoms with Gasteiger partial charge in [-0.05, 0) is 30.0 Å². The first-order valence-electron chi connectivity index (χ1n) is 8.87. The number of benzene rings is 1. The molecule has 1 saturated carbocycles. The summed E-state index contributed by atoms with van der Waals surface area (Å²) >= 11 is 0. The molecule has 0 spiro atoms. The molecule has 140 valence electrons. The van der Waals surface area contributed by atoms with Gasteiger partial charge in [-0.15, -0.1) is 0 Å². The lowest BCUT2D eigenvalue weighted by Crippen LogP contribution is -2.26. The number of H-pyrrole nitrogens is 1. The summed E-state index contributed by atoms with van der Waals surface area (Å²) in [5, 5.41) is 0. The van der Waals surface area contributed by atoms with Crippen molar-refractivity contribution in [2.24, 2.45) is 17.8 Å². The van der Waals surface area contributed by atoms with Gasteiger partial charge in [-0.3, -0.25) is 9.88 Å². The molecule has 2 aliphatic rings. The fourth-order valence-electron chi connectivity index (χ4n) is 4.13. The van der Waals surface area contributed by atoms with E-state index in [0.717, 1.165) is 48.6 Å². The number of aromatic nitrogens is 3. The quantitative estimate of drug-likeness (QED) is 0.697. The van der Waals surface area contributed by atoms with Gasteiger partial charge in [0, 0.05) is 25.2 Å². The molecule has 1 aliphatic carbocycles. The lowest BCUT2D eigenvalue weighted by molar-refractivity contribution is 0.215. The van der Waals surface area contributed by atoms with Crippen LogP contribution in [0.4, 0.5) is 13.2 Å². The zero-order chi connectivity index (χ0) is 18.5. The summed E-state index contributed by atoms with van der Waals surface area (Å²) < 4.78 is 45.8. The number of hydrogen-bond donors (Lipinski definition) is 1. The van der Waals surface area contributed by atoms with Crippen molar-refractivity contribution in [3.63, 3.8) is 0 Å². The number of rotatable bonds is 5. The highest BCUT2D eigenvalue weighted by atomic mass is 19.2. The molecular weight excluding hydrogens is 357 g/mol. The standard InChI is InChI=1S/C19H17F3N4O/c20-13-1-2-14(21)19(18(13)22)27-9-12-10-6-26(7-11(10)12)8-17-24-15-3-4-23-5-16(15)25-17/h1-5,10-12H,6-9H2,(H,24,25)/t10-,11+,12?. The Labute approximate surface area is 153 Å². The van der Waals surface area contributed by atoms with Crippen molar-refractivity contribution in [2.75, 3.05) is 19.7 Å². The van der Waals surface area contributed by atoms with Crippen LogP contribution in [0.25, 0.3) is 11.0 Å². The molecular formula is C19H17F3N4O. The molecule has 3 atom stereocenters. The molecule has 1 aromatic carbocycles. The zero-order valence-electron chi connectivity index (χ0n) is 14.3. The molecule has 8 heteroatoms. The summed E-state index contributed by atoms with van der Waals surface area (Å²) in [6.45, 7) is 2.71. The maximum Gasteiger partial charge on any atom is 0.203 e. The molecule has 0 bridgehead atoms. The van der Waals surface area contributed by atoms with E-state index in [4.69, 9.17) is 4.74 Å². The molecule has 2 fully saturated rings. The number of halogens is 3. The minimum atomic E-state index is -1.26. The summed E-state index contributed by atoms with van der Waals surface area (Å²) in [4.78, 5) is 14.2. The van der Waals surface area contributed by atoms with Crippen LogP contribution in [0.5, 0.6) is 5.75 Å². The second-order valence-electron chi connectivity index (χ2n) is 7.25. The first-order chi connectivity index (χ1) is 13.1. The van der Waals surface area contributed by atoms with Gasteiger partial charge in [-0.1, -0.05) is 0 Å². The molecule has 3 heterocycles. The molecule has 1 N–H and O–H groups in total. The van der Waals surface area contributed by atoms with E-state index < -0.39 is 23.2 Å². The van der Waals surface area contributed by atoms with Crippen LogP contribution in [0, 0.1) is 35.2 Å². The van der Waals surface area contributed by atoms with E-state index in [9.17, 15) is 13.2 Å². The predicted molar refractivity (Wildman–Crippen MR) is 91.4 cm³/mol. The van der Waals surface area contributed by atoms with Crippen molar-refractivity contribution in [3.05, 3.63) is 53.9 Å². The first-order valence-corrected chi connectivity index (χ1v) is 8.87. The summed E-state index contributed by atoms with van der Waals surface area (Å²) in [5.74, 6) is -1.82. The molecule has 0 radical (unpaired) electrons. The Bertz CT molecular complexity index is 963. The number of imidazole rings is 1. The maximum absolute atomic E-state index is 13.7. The zero-order valence-corrected chi connectivity index (χ0v) is 14.3. The van der Waals surface area contributed by atoms with Gasteiger partial charge in [0.25, 0.3) is 0 Å². The fourth-order valence-corrected chi connectivity index (χ4v) is 4.13. The van der Waals surface area contributed by atoms with E-state index in [1.807, 2.05) is 6.07 Å². The molecule has 1 aliphatic heterocycles. The Morgan fingerprint density at radius 3 is 2.67 bits per heavy atom. The predicted octanol–water partition coefficient (Wildman–Crippen LogP) is 3.13. The number of aromatic amines is 1. The van der Waals surface area contributed by atoms with Gasteiger partial charge in [0.1, 0.15) is 5.82 Å². The lowest BCUT2D eigenvalue weighted by atomic mass is 10.2. The van der Waals surface area contributed by atoms with Gasteiger partial charge in [-0.25, -0.2) is 13.8 Å². The second-order valence-corrected chi connectivity index (χ2v) is 7.25. The minimum absolute atomic E-state index is 0.205. The average Bonchev–Trinajstić information content (AvgIpc) is 2.99. The molecule has 1 unspecified atom stereocenters. The first kappa shape index (κ1) is 16.6. The number of nitrogens with one attached hydrogen (secondary N) is 1.